The van der Waals surface area contributed by atoms with Gasteiger partial charge in [-0.15, -0.1) is 0 Å². The summed E-state index contributed by atoms with van der Waals surface area (Å²) < 4.78 is 28.7. The summed E-state index contributed by atoms with van der Waals surface area (Å²) in [6.07, 6.45) is 1.69. The first-order chi connectivity index (χ1) is 18.7. The number of nitrogens with zero attached hydrogens (tertiary/aromatic N) is 2. The molecule has 4 rings (SSSR count). The number of thiazole rings is 1. The minimum Gasteiger partial charge on any atom is -0.497 e. The lowest BCUT2D eigenvalue weighted by molar-refractivity contribution is -0.139. The molecule has 0 amide bonds. The molecule has 10 nitrogen and oxygen atoms in total. The number of ether oxygens (including phenoxy) is 5. The zero-order valence-electron chi connectivity index (χ0n) is 22.4. The number of allylic oxidation sites excluding steroid dienone is 1. The lowest BCUT2D eigenvalue weighted by Gasteiger charge is -2.26. The highest BCUT2D eigenvalue weighted by Crippen LogP contribution is 2.37. The minimum absolute atomic E-state index is 0.164. The van der Waals surface area contributed by atoms with Crippen molar-refractivity contribution in [3.05, 3.63) is 78.5 Å². The van der Waals surface area contributed by atoms with Gasteiger partial charge in [0.2, 0.25) is 0 Å². The molecule has 11 heteroatoms. The Balaban J connectivity index is 1.93. The molecule has 0 spiro atoms. The van der Waals surface area contributed by atoms with Crippen LogP contribution in [-0.2, 0) is 14.3 Å². The van der Waals surface area contributed by atoms with Gasteiger partial charge in [-0.1, -0.05) is 17.4 Å². The molecule has 1 aliphatic heterocycles. The molecule has 0 aliphatic carbocycles. The maximum absolute atomic E-state index is 13.9. The van der Waals surface area contributed by atoms with E-state index < -0.39 is 18.0 Å². The molecule has 1 aliphatic rings. The first-order valence-corrected chi connectivity index (χ1v) is 12.8. The highest BCUT2D eigenvalue weighted by molar-refractivity contribution is 7.07. The second kappa shape index (κ2) is 11.6. The molecule has 2 aromatic carbocycles. The number of carbonyl (C=O) groups is 2. The first kappa shape index (κ1) is 27.6. The number of benzene rings is 2. The minimum atomic E-state index is -0.843. The van der Waals surface area contributed by atoms with Crippen molar-refractivity contribution in [2.75, 3.05) is 27.9 Å². The van der Waals surface area contributed by atoms with Crippen LogP contribution in [0.15, 0.2) is 57.5 Å². The number of hydrogen-bond acceptors (Lipinski definition) is 10. The standard InChI is InChI=1S/C28H28N2O8S/c1-7-37-27(33)24-15(2)29-28-30(25(24)19-10-9-18(34-4)14-21(19)35-5)26(32)23(39-28)13-17-8-11-20(38-16(3)31)22(12-17)36-6/h8-14,25H,7H2,1-6H3/b23-13-/t25-/m1/s1. The van der Waals surface area contributed by atoms with Gasteiger partial charge in [0.25, 0.3) is 5.56 Å². The normalized spacial score (nSPS) is 14.8. The van der Waals surface area contributed by atoms with Crippen LogP contribution in [0, 0.1) is 0 Å². The first-order valence-electron chi connectivity index (χ1n) is 12.0. The van der Waals surface area contributed by atoms with Crippen molar-refractivity contribution in [2.45, 2.75) is 26.8 Å². The molecule has 1 atom stereocenters. The number of fused-ring (bicyclic) bond motifs is 1. The second-order valence-corrected chi connectivity index (χ2v) is 9.42. The quantitative estimate of drug-likeness (QED) is 0.310. The van der Waals surface area contributed by atoms with Gasteiger partial charge in [0, 0.05) is 18.6 Å². The summed E-state index contributed by atoms with van der Waals surface area (Å²) in [4.78, 5) is 43.4. The van der Waals surface area contributed by atoms with E-state index in [-0.39, 0.29) is 23.5 Å². The Morgan fingerprint density at radius 2 is 1.77 bits per heavy atom. The van der Waals surface area contributed by atoms with Gasteiger partial charge in [0.1, 0.15) is 17.5 Å². The van der Waals surface area contributed by atoms with Crippen LogP contribution in [0.2, 0.25) is 0 Å². The molecule has 1 aromatic heterocycles. The van der Waals surface area contributed by atoms with E-state index in [0.717, 1.165) is 0 Å². The third-order valence-corrected chi connectivity index (χ3v) is 6.97. The van der Waals surface area contributed by atoms with E-state index in [4.69, 9.17) is 23.7 Å². The van der Waals surface area contributed by atoms with Gasteiger partial charge in [-0.3, -0.25) is 14.2 Å². The monoisotopic (exact) mass is 552 g/mol. The summed E-state index contributed by atoms with van der Waals surface area (Å²) in [5, 5.41) is 0. The Hall–Kier alpha value is -4.38. The molecule has 3 aromatic rings. The van der Waals surface area contributed by atoms with Crippen LogP contribution in [0.25, 0.3) is 6.08 Å². The lowest BCUT2D eigenvalue weighted by Crippen LogP contribution is -2.40. The molecule has 0 saturated carbocycles. The molecule has 0 bridgehead atoms. The van der Waals surface area contributed by atoms with Crippen molar-refractivity contribution >= 4 is 29.4 Å². The maximum Gasteiger partial charge on any atom is 0.338 e. The number of hydrogen-bond donors (Lipinski definition) is 0. The van der Waals surface area contributed by atoms with Crippen LogP contribution in [0.4, 0.5) is 0 Å². The van der Waals surface area contributed by atoms with E-state index in [1.54, 1.807) is 63.4 Å². The van der Waals surface area contributed by atoms with Crippen LogP contribution >= 0.6 is 11.3 Å². The average molecular weight is 553 g/mol. The summed E-state index contributed by atoms with van der Waals surface area (Å²) in [6, 6.07) is 9.31. The molecular weight excluding hydrogens is 524 g/mol. The third-order valence-electron chi connectivity index (χ3n) is 5.99. The molecule has 2 heterocycles. The van der Waals surface area contributed by atoms with Gasteiger partial charge in [-0.25, -0.2) is 9.79 Å². The SMILES string of the molecule is CCOC(=O)C1=C(C)N=c2s/c(=C\c3ccc(OC(C)=O)c(OC)c3)c(=O)n2[C@@H]1c1ccc(OC)cc1OC. The summed E-state index contributed by atoms with van der Waals surface area (Å²) in [5.41, 5.74) is 1.56. The fourth-order valence-corrected chi connectivity index (χ4v) is 5.34. The van der Waals surface area contributed by atoms with Gasteiger partial charge in [-0.05, 0) is 49.8 Å². The Morgan fingerprint density at radius 3 is 2.41 bits per heavy atom. The van der Waals surface area contributed by atoms with E-state index in [1.807, 2.05) is 0 Å². The third kappa shape index (κ3) is 5.44. The van der Waals surface area contributed by atoms with Crippen LogP contribution in [-0.4, -0.2) is 44.4 Å². The van der Waals surface area contributed by atoms with Crippen molar-refractivity contribution < 1.29 is 33.3 Å². The van der Waals surface area contributed by atoms with E-state index in [2.05, 4.69) is 4.99 Å². The van der Waals surface area contributed by atoms with Crippen molar-refractivity contribution in [3.63, 3.8) is 0 Å². The van der Waals surface area contributed by atoms with Crippen molar-refractivity contribution in [2.24, 2.45) is 4.99 Å². The number of methoxy groups -OCH3 is 3. The van der Waals surface area contributed by atoms with Crippen LogP contribution in [0.5, 0.6) is 23.0 Å². The highest BCUT2D eigenvalue weighted by Gasteiger charge is 2.35. The Bertz CT molecular complexity index is 1650. The molecule has 0 N–H and O–H groups in total. The van der Waals surface area contributed by atoms with E-state index in [1.165, 1.54) is 37.0 Å². The van der Waals surface area contributed by atoms with Crippen molar-refractivity contribution in [1.29, 1.82) is 0 Å². The largest absolute Gasteiger partial charge is 0.497 e. The lowest BCUT2D eigenvalue weighted by atomic mass is 9.95. The number of aromatic nitrogens is 1. The second-order valence-electron chi connectivity index (χ2n) is 8.41. The van der Waals surface area contributed by atoms with Crippen molar-refractivity contribution in [3.8, 4) is 23.0 Å². The van der Waals surface area contributed by atoms with Gasteiger partial charge in [-0.2, -0.15) is 0 Å². The van der Waals surface area contributed by atoms with Crippen LogP contribution < -0.4 is 33.8 Å². The zero-order chi connectivity index (χ0) is 28.3. The van der Waals surface area contributed by atoms with Crippen LogP contribution in [0.3, 0.4) is 0 Å². The molecule has 0 radical (unpaired) electrons. The number of esters is 2. The Labute approximate surface area is 228 Å². The summed E-state index contributed by atoms with van der Waals surface area (Å²) >= 11 is 1.19. The molecule has 39 heavy (non-hydrogen) atoms. The summed E-state index contributed by atoms with van der Waals surface area (Å²) in [7, 11) is 4.51. The number of rotatable bonds is 8. The fourth-order valence-electron chi connectivity index (χ4n) is 4.29. The summed E-state index contributed by atoms with van der Waals surface area (Å²) in [6.45, 7) is 4.89. The fraction of sp³-hybridized carbons (Fsp3) is 0.286. The van der Waals surface area contributed by atoms with Gasteiger partial charge >= 0.3 is 11.9 Å². The molecular formula is C28H28N2O8S. The van der Waals surface area contributed by atoms with Gasteiger partial charge in [0.05, 0.1) is 43.7 Å². The number of carbonyl (C=O) groups excluding carboxylic acids is 2. The predicted octanol–water partition coefficient (Wildman–Crippen LogP) is 2.75. The van der Waals surface area contributed by atoms with E-state index in [0.29, 0.717) is 43.4 Å². The molecule has 0 saturated heterocycles. The topological polar surface area (TPSA) is 115 Å². The molecule has 0 unspecified atom stereocenters. The Kier molecular flexibility index (Phi) is 8.20. The molecule has 0 fully saturated rings. The highest BCUT2D eigenvalue weighted by atomic mass is 32.1. The summed E-state index contributed by atoms with van der Waals surface area (Å²) in [5.74, 6) is 0.569. The van der Waals surface area contributed by atoms with E-state index in [9.17, 15) is 14.4 Å². The average Bonchev–Trinajstić information content (AvgIpc) is 3.22. The van der Waals surface area contributed by atoms with E-state index >= 15 is 0 Å². The van der Waals surface area contributed by atoms with Crippen LogP contribution in [0.1, 0.15) is 37.9 Å². The zero-order valence-corrected chi connectivity index (χ0v) is 23.2. The maximum atomic E-state index is 13.9. The smallest absolute Gasteiger partial charge is 0.338 e. The molecule has 204 valence electrons. The van der Waals surface area contributed by atoms with Gasteiger partial charge < -0.3 is 23.7 Å². The van der Waals surface area contributed by atoms with Gasteiger partial charge in [0.15, 0.2) is 16.3 Å². The van der Waals surface area contributed by atoms with Crippen molar-refractivity contribution in [1.82, 2.24) is 4.57 Å². The Morgan fingerprint density at radius 1 is 1.03 bits per heavy atom. The predicted molar refractivity (Wildman–Crippen MR) is 144 cm³/mol.